The predicted molar refractivity (Wildman–Crippen MR) is 97.4 cm³/mol. The Labute approximate surface area is 147 Å². The van der Waals surface area contributed by atoms with Crippen molar-refractivity contribution >= 4 is 6.21 Å². The highest BCUT2D eigenvalue weighted by atomic mass is 16.5. The van der Waals surface area contributed by atoms with Crippen LogP contribution in [0.2, 0.25) is 0 Å². The number of ether oxygens (including phenoxy) is 2. The molecule has 0 bridgehead atoms. The van der Waals surface area contributed by atoms with E-state index in [1.165, 1.54) is 6.21 Å². The van der Waals surface area contributed by atoms with Gasteiger partial charge in [-0.3, -0.25) is 0 Å². The fraction of sp³-hybridized carbons (Fsp3) is 0.0952. The highest BCUT2D eigenvalue weighted by Gasteiger charge is 2.08. The number of oxime groups is 1. The van der Waals surface area contributed by atoms with Gasteiger partial charge in [-0.25, -0.2) is 0 Å². The zero-order chi connectivity index (χ0) is 17.3. The first-order valence-corrected chi connectivity index (χ1v) is 8.00. The Morgan fingerprint density at radius 3 is 1.84 bits per heavy atom. The summed E-state index contributed by atoms with van der Waals surface area (Å²) < 4.78 is 11.8. The number of benzene rings is 3. The molecule has 0 aromatic heterocycles. The molecule has 0 aliphatic carbocycles. The van der Waals surface area contributed by atoms with E-state index < -0.39 is 0 Å². The average molecular weight is 333 g/mol. The Kier molecular flexibility index (Phi) is 5.67. The Balaban J connectivity index is 1.76. The van der Waals surface area contributed by atoms with Gasteiger partial charge in [-0.15, -0.1) is 0 Å². The number of hydrogen-bond acceptors (Lipinski definition) is 4. The molecule has 0 saturated heterocycles. The lowest BCUT2D eigenvalue weighted by Gasteiger charge is -2.14. The van der Waals surface area contributed by atoms with Crippen LogP contribution in [0.15, 0.2) is 84.0 Å². The van der Waals surface area contributed by atoms with Crippen LogP contribution in [0.25, 0.3) is 0 Å². The van der Waals surface area contributed by atoms with Gasteiger partial charge in [-0.1, -0.05) is 65.8 Å². The van der Waals surface area contributed by atoms with E-state index in [1.54, 1.807) is 6.07 Å². The van der Waals surface area contributed by atoms with Crippen LogP contribution in [0.4, 0.5) is 0 Å². The van der Waals surface area contributed by atoms with E-state index >= 15 is 0 Å². The highest BCUT2D eigenvalue weighted by molar-refractivity contribution is 5.80. The maximum atomic E-state index is 8.74. The molecule has 0 unspecified atom stereocenters. The summed E-state index contributed by atoms with van der Waals surface area (Å²) in [4.78, 5) is 0. The van der Waals surface area contributed by atoms with E-state index in [4.69, 9.17) is 14.7 Å². The van der Waals surface area contributed by atoms with Gasteiger partial charge < -0.3 is 14.7 Å². The predicted octanol–water partition coefficient (Wildman–Crippen LogP) is 4.65. The second-order valence-electron chi connectivity index (χ2n) is 5.50. The number of nitrogens with zero attached hydrogens (tertiary/aromatic N) is 1. The SMILES string of the molecule is O/N=C/c1ccc(OCc2ccccc2)c(OCc2ccccc2)c1. The zero-order valence-corrected chi connectivity index (χ0v) is 13.7. The molecule has 0 amide bonds. The van der Waals surface area contributed by atoms with Gasteiger partial charge in [0.15, 0.2) is 11.5 Å². The van der Waals surface area contributed by atoms with Crippen molar-refractivity contribution in [3.8, 4) is 11.5 Å². The lowest BCUT2D eigenvalue weighted by molar-refractivity contribution is 0.256. The van der Waals surface area contributed by atoms with Gasteiger partial charge in [0.05, 0.1) is 6.21 Å². The smallest absolute Gasteiger partial charge is 0.162 e. The molecule has 0 saturated carbocycles. The largest absolute Gasteiger partial charge is 0.485 e. The minimum absolute atomic E-state index is 0.433. The number of hydrogen-bond donors (Lipinski definition) is 1. The van der Waals surface area contributed by atoms with E-state index in [1.807, 2.05) is 72.8 Å². The van der Waals surface area contributed by atoms with Crippen LogP contribution >= 0.6 is 0 Å². The molecule has 0 atom stereocenters. The normalized spacial score (nSPS) is 10.7. The van der Waals surface area contributed by atoms with Crippen LogP contribution in [-0.2, 0) is 13.2 Å². The maximum absolute atomic E-state index is 8.74. The summed E-state index contributed by atoms with van der Waals surface area (Å²) in [7, 11) is 0. The third kappa shape index (κ3) is 4.85. The molecular formula is C21H19NO3. The summed E-state index contributed by atoms with van der Waals surface area (Å²) in [5.41, 5.74) is 2.88. The van der Waals surface area contributed by atoms with Crippen molar-refractivity contribution in [3.05, 3.63) is 95.6 Å². The fourth-order valence-corrected chi connectivity index (χ4v) is 2.37. The standard InChI is InChI=1S/C21H19NO3/c23-22-14-19-11-12-20(24-15-17-7-3-1-4-8-17)21(13-19)25-16-18-9-5-2-6-10-18/h1-14,23H,15-16H2/b22-14+. The molecule has 4 nitrogen and oxygen atoms in total. The summed E-state index contributed by atoms with van der Waals surface area (Å²) in [6, 6.07) is 25.3. The second kappa shape index (κ2) is 8.55. The van der Waals surface area contributed by atoms with E-state index in [-0.39, 0.29) is 0 Å². The fourth-order valence-electron chi connectivity index (χ4n) is 2.37. The van der Waals surface area contributed by atoms with E-state index in [2.05, 4.69) is 5.16 Å². The summed E-state index contributed by atoms with van der Waals surface area (Å²) in [6.07, 6.45) is 1.36. The van der Waals surface area contributed by atoms with Gasteiger partial charge in [-0.05, 0) is 29.3 Å². The Morgan fingerprint density at radius 2 is 1.28 bits per heavy atom. The van der Waals surface area contributed by atoms with Crippen LogP contribution in [-0.4, -0.2) is 11.4 Å². The van der Waals surface area contributed by atoms with Gasteiger partial charge in [0.2, 0.25) is 0 Å². The van der Waals surface area contributed by atoms with Crippen molar-refractivity contribution in [2.75, 3.05) is 0 Å². The third-order valence-electron chi connectivity index (χ3n) is 3.65. The van der Waals surface area contributed by atoms with E-state index in [0.29, 0.717) is 24.7 Å². The summed E-state index contributed by atoms with van der Waals surface area (Å²) >= 11 is 0. The molecule has 3 aromatic rings. The molecule has 25 heavy (non-hydrogen) atoms. The van der Waals surface area contributed by atoms with Gasteiger partial charge >= 0.3 is 0 Å². The molecule has 0 radical (unpaired) electrons. The Morgan fingerprint density at radius 1 is 0.720 bits per heavy atom. The quantitative estimate of drug-likeness (QED) is 0.389. The topological polar surface area (TPSA) is 51.1 Å². The van der Waals surface area contributed by atoms with Crippen molar-refractivity contribution in [1.29, 1.82) is 0 Å². The van der Waals surface area contributed by atoms with Gasteiger partial charge in [0.25, 0.3) is 0 Å². The summed E-state index contributed by atoms with van der Waals surface area (Å²) in [5, 5.41) is 11.8. The van der Waals surface area contributed by atoms with Crippen molar-refractivity contribution in [1.82, 2.24) is 0 Å². The monoisotopic (exact) mass is 333 g/mol. The first kappa shape index (κ1) is 16.6. The van der Waals surface area contributed by atoms with Crippen LogP contribution < -0.4 is 9.47 Å². The van der Waals surface area contributed by atoms with Gasteiger partial charge in [0, 0.05) is 5.56 Å². The van der Waals surface area contributed by atoms with Gasteiger partial charge in [0.1, 0.15) is 13.2 Å². The molecule has 1 N–H and O–H groups in total. The lowest BCUT2D eigenvalue weighted by Crippen LogP contribution is -2.01. The molecule has 0 heterocycles. The molecule has 0 aliphatic rings. The molecule has 4 heteroatoms. The van der Waals surface area contributed by atoms with E-state index in [9.17, 15) is 0 Å². The highest BCUT2D eigenvalue weighted by Crippen LogP contribution is 2.29. The van der Waals surface area contributed by atoms with Crippen molar-refractivity contribution < 1.29 is 14.7 Å². The van der Waals surface area contributed by atoms with Gasteiger partial charge in [-0.2, -0.15) is 0 Å². The first-order chi connectivity index (χ1) is 12.3. The van der Waals surface area contributed by atoms with Crippen molar-refractivity contribution in [2.45, 2.75) is 13.2 Å². The minimum Gasteiger partial charge on any atom is -0.485 e. The molecule has 126 valence electrons. The molecule has 3 aromatic carbocycles. The molecule has 0 fully saturated rings. The second-order valence-corrected chi connectivity index (χ2v) is 5.50. The molecule has 0 aliphatic heterocycles. The maximum Gasteiger partial charge on any atom is 0.162 e. The third-order valence-corrected chi connectivity index (χ3v) is 3.65. The molecule has 0 spiro atoms. The molecule has 3 rings (SSSR count). The first-order valence-electron chi connectivity index (χ1n) is 8.00. The van der Waals surface area contributed by atoms with Crippen LogP contribution in [0.5, 0.6) is 11.5 Å². The Hall–Kier alpha value is -3.27. The van der Waals surface area contributed by atoms with Crippen LogP contribution in [0.3, 0.4) is 0 Å². The minimum atomic E-state index is 0.433. The van der Waals surface area contributed by atoms with Crippen LogP contribution in [0.1, 0.15) is 16.7 Å². The van der Waals surface area contributed by atoms with E-state index in [0.717, 1.165) is 16.7 Å². The van der Waals surface area contributed by atoms with Crippen LogP contribution in [0, 0.1) is 0 Å². The average Bonchev–Trinajstić information content (AvgIpc) is 2.67. The van der Waals surface area contributed by atoms with Crippen molar-refractivity contribution in [2.24, 2.45) is 5.16 Å². The Bertz CT molecular complexity index is 817. The lowest BCUT2D eigenvalue weighted by atomic mass is 10.2. The summed E-state index contributed by atoms with van der Waals surface area (Å²) in [5.74, 6) is 1.26. The zero-order valence-electron chi connectivity index (χ0n) is 13.7. The van der Waals surface area contributed by atoms with Crippen molar-refractivity contribution in [3.63, 3.8) is 0 Å². The molecular weight excluding hydrogens is 314 g/mol. The number of rotatable bonds is 7. The summed E-state index contributed by atoms with van der Waals surface area (Å²) in [6.45, 7) is 0.887.